The molecule has 0 radical (unpaired) electrons. The van der Waals surface area contributed by atoms with Gasteiger partial charge in [-0.1, -0.05) is 18.2 Å². The third-order valence-corrected chi connectivity index (χ3v) is 4.94. The van der Waals surface area contributed by atoms with Gasteiger partial charge in [0, 0.05) is 35.6 Å². The molecule has 2 unspecified atom stereocenters. The molecule has 0 aliphatic heterocycles. The van der Waals surface area contributed by atoms with Crippen LogP contribution in [0.3, 0.4) is 0 Å². The number of nitrogens with two attached hydrogens (primary N) is 1. The molecule has 8 N–H and O–H groups in total. The van der Waals surface area contributed by atoms with Gasteiger partial charge in [-0.2, -0.15) is 39.5 Å². The zero-order valence-corrected chi connectivity index (χ0v) is 20.9. The second-order valence-corrected chi connectivity index (χ2v) is 8.12. The van der Waals surface area contributed by atoms with E-state index in [4.69, 9.17) is 25.5 Å². The molecule has 12 nitrogen and oxygen atoms in total. The number of fused-ring (bicyclic) bond motifs is 1. The first-order chi connectivity index (χ1) is 19.6. The van der Waals surface area contributed by atoms with Gasteiger partial charge in [-0.3, -0.25) is 4.79 Å². The van der Waals surface area contributed by atoms with Gasteiger partial charge in [-0.15, -0.1) is 0 Å². The van der Waals surface area contributed by atoms with Crippen molar-refractivity contribution in [3.8, 4) is 0 Å². The molecule has 21 heteroatoms. The zero-order chi connectivity index (χ0) is 33.3. The standard InChI is InChI=1S/C18H18F3N5O3.2C2HF3O2/c19-18(20,21)15-11(10-3-1-2-4-13(10)25-15)6-14(17(28)29)26-16(27)12(22)5-9-7-23-8-24-9;2*3-2(4,5)1(6)7/h1-4,7-8,12,14,25H,5-6,22H2,(H,23,24)(H,26,27)(H,28,29);2*(H,6,7). The number of nitrogens with zero attached hydrogens (tertiary/aromatic N) is 1. The number of aliphatic carboxylic acids is 3. The van der Waals surface area contributed by atoms with Crippen LogP contribution in [0.25, 0.3) is 10.9 Å². The number of halogens is 9. The van der Waals surface area contributed by atoms with Gasteiger partial charge in [0.1, 0.15) is 11.7 Å². The smallest absolute Gasteiger partial charge is 0.480 e. The summed E-state index contributed by atoms with van der Waals surface area (Å²) < 4.78 is 104. The second kappa shape index (κ2) is 14.4. The molecule has 0 bridgehead atoms. The van der Waals surface area contributed by atoms with Gasteiger partial charge in [-0.05, 0) is 11.6 Å². The number of rotatable bonds is 7. The summed E-state index contributed by atoms with van der Waals surface area (Å²) in [7, 11) is 0. The van der Waals surface area contributed by atoms with Crippen molar-refractivity contribution in [1.29, 1.82) is 0 Å². The molecule has 0 saturated heterocycles. The first-order valence-electron chi connectivity index (χ1n) is 11.1. The Morgan fingerprint density at radius 3 is 1.81 bits per heavy atom. The molecule has 0 aliphatic carbocycles. The quantitative estimate of drug-likeness (QED) is 0.190. The van der Waals surface area contributed by atoms with Crippen molar-refractivity contribution < 1.29 is 74.0 Å². The van der Waals surface area contributed by atoms with E-state index in [9.17, 15) is 54.2 Å². The summed E-state index contributed by atoms with van der Waals surface area (Å²) >= 11 is 0. The van der Waals surface area contributed by atoms with Crippen LogP contribution in [0.5, 0.6) is 0 Å². The van der Waals surface area contributed by atoms with E-state index in [1.54, 1.807) is 12.1 Å². The summed E-state index contributed by atoms with van der Waals surface area (Å²) in [5.41, 5.74) is 5.30. The molecular formula is C22H20F9N5O7. The fourth-order valence-corrected chi connectivity index (χ4v) is 3.06. The minimum Gasteiger partial charge on any atom is -0.480 e. The zero-order valence-electron chi connectivity index (χ0n) is 20.9. The van der Waals surface area contributed by atoms with E-state index in [1.165, 1.54) is 24.7 Å². The van der Waals surface area contributed by atoms with Crippen molar-refractivity contribution in [3.05, 3.63) is 53.7 Å². The predicted molar refractivity (Wildman–Crippen MR) is 124 cm³/mol. The Hall–Kier alpha value is -4.82. The van der Waals surface area contributed by atoms with Crippen molar-refractivity contribution in [2.45, 2.75) is 43.5 Å². The van der Waals surface area contributed by atoms with Crippen LogP contribution < -0.4 is 11.1 Å². The van der Waals surface area contributed by atoms with Crippen molar-refractivity contribution in [3.63, 3.8) is 0 Å². The maximum atomic E-state index is 13.4. The average Bonchev–Trinajstić information content (AvgIpc) is 3.51. The Kier molecular flexibility index (Phi) is 12.1. The van der Waals surface area contributed by atoms with E-state index in [-0.39, 0.29) is 22.9 Å². The Balaban J connectivity index is 0.000000548. The molecule has 238 valence electrons. The molecule has 0 fully saturated rings. The van der Waals surface area contributed by atoms with E-state index < -0.39 is 66.5 Å². The van der Waals surface area contributed by atoms with Crippen LogP contribution in [-0.2, 0) is 38.2 Å². The molecule has 3 rings (SSSR count). The minimum atomic E-state index is -5.08. The first kappa shape index (κ1) is 36.2. The number of nitrogens with one attached hydrogen (secondary N) is 3. The number of amides is 1. The molecule has 1 amide bonds. The van der Waals surface area contributed by atoms with Crippen molar-refractivity contribution in [2.75, 3.05) is 0 Å². The van der Waals surface area contributed by atoms with Crippen LogP contribution in [0.4, 0.5) is 39.5 Å². The maximum absolute atomic E-state index is 13.4. The lowest BCUT2D eigenvalue weighted by Gasteiger charge is -2.18. The lowest BCUT2D eigenvalue weighted by atomic mass is 10.0. The van der Waals surface area contributed by atoms with Crippen LogP contribution in [0, 0.1) is 0 Å². The van der Waals surface area contributed by atoms with E-state index in [2.05, 4.69) is 20.3 Å². The van der Waals surface area contributed by atoms with Crippen molar-refractivity contribution in [1.82, 2.24) is 20.3 Å². The number of para-hydroxylation sites is 1. The van der Waals surface area contributed by atoms with E-state index in [0.717, 1.165) is 0 Å². The average molecular weight is 637 g/mol. The topological polar surface area (TPSA) is 211 Å². The van der Waals surface area contributed by atoms with Crippen LogP contribution in [0.15, 0.2) is 36.8 Å². The number of hydrogen-bond acceptors (Lipinski definition) is 6. The lowest BCUT2D eigenvalue weighted by Crippen LogP contribution is -2.50. The Bertz CT molecular complexity index is 1380. The monoisotopic (exact) mass is 637 g/mol. The highest BCUT2D eigenvalue weighted by atomic mass is 19.4. The van der Waals surface area contributed by atoms with E-state index in [0.29, 0.717) is 5.69 Å². The van der Waals surface area contributed by atoms with Gasteiger partial charge in [0.25, 0.3) is 0 Å². The third kappa shape index (κ3) is 11.5. The summed E-state index contributed by atoms with van der Waals surface area (Å²) in [5, 5.41) is 26.2. The van der Waals surface area contributed by atoms with Gasteiger partial charge < -0.3 is 36.3 Å². The van der Waals surface area contributed by atoms with Crippen LogP contribution in [-0.4, -0.2) is 78.5 Å². The number of aromatic nitrogens is 3. The van der Waals surface area contributed by atoms with Crippen molar-refractivity contribution >= 4 is 34.7 Å². The number of H-pyrrole nitrogens is 2. The SMILES string of the molecule is NC(Cc1cnc[nH]1)C(=O)NC(Cc1c(C(F)(F)F)[nH]c2ccccc12)C(=O)O.O=C(O)C(F)(F)F.O=C(O)C(F)(F)F. The van der Waals surface area contributed by atoms with Crippen LogP contribution in [0.1, 0.15) is 17.0 Å². The first-order valence-corrected chi connectivity index (χ1v) is 11.1. The number of carbonyl (C=O) groups is 4. The van der Waals surface area contributed by atoms with Gasteiger partial charge in [-0.25, -0.2) is 19.4 Å². The van der Waals surface area contributed by atoms with E-state index in [1.807, 2.05) is 0 Å². The van der Waals surface area contributed by atoms with Crippen LogP contribution >= 0.6 is 0 Å². The number of carboxylic acids is 3. The molecule has 3 aromatic rings. The molecule has 2 aromatic heterocycles. The Morgan fingerprint density at radius 1 is 0.884 bits per heavy atom. The molecule has 0 saturated carbocycles. The van der Waals surface area contributed by atoms with Crippen LogP contribution in [0.2, 0.25) is 0 Å². The third-order valence-electron chi connectivity index (χ3n) is 4.94. The number of hydrogen-bond donors (Lipinski definition) is 7. The summed E-state index contributed by atoms with van der Waals surface area (Å²) in [6.07, 6.45) is -12.5. The highest BCUT2D eigenvalue weighted by Gasteiger charge is 2.39. The molecule has 0 spiro atoms. The normalized spacial score (nSPS) is 13.1. The maximum Gasteiger partial charge on any atom is 0.490 e. The molecule has 0 aliphatic rings. The Labute approximate surface area is 232 Å². The molecule has 1 aromatic carbocycles. The largest absolute Gasteiger partial charge is 0.490 e. The molecular weight excluding hydrogens is 617 g/mol. The van der Waals surface area contributed by atoms with Gasteiger partial charge in [0.2, 0.25) is 5.91 Å². The highest BCUT2D eigenvalue weighted by Crippen LogP contribution is 2.36. The number of carbonyl (C=O) groups excluding carboxylic acids is 1. The van der Waals surface area contributed by atoms with Gasteiger partial charge >= 0.3 is 36.4 Å². The number of carboxylic acid groups (broad SMARTS) is 3. The summed E-state index contributed by atoms with van der Waals surface area (Å²) in [5.74, 6) is -7.77. The molecule has 2 atom stereocenters. The number of aromatic amines is 2. The van der Waals surface area contributed by atoms with Gasteiger partial charge in [0.05, 0.1) is 12.4 Å². The van der Waals surface area contributed by atoms with Crippen molar-refractivity contribution in [2.24, 2.45) is 5.73 Å². The summed E-state index contributed by atoms with van der Waals surface area (Å²) in [6.45, 7) is 0. The minimum absolute atomic E-state index is 0.0685. The fourth-order valence-electron chi connectivity index (χ4n) is 3.06. The number of alkyl halides is 9. The molecule has 2 heterocycles. The summed E-state index contributed by atoms with van der Waals surface area (Å²) in [4.78, 5) is 50.6. The number of benzene rings is 1. The fraction of sp³-hybridized carbons (Fsp3) is 0.318. The highest BCUT2D eigenvalue weighted by molar-refractivity contribution is 5.89. The second-order valence-electron chi connectivity index (χ2n) is 8.12. The Morgan fingerprint density at radius 2 is 1.40 bits per heavy atom. The predicted octanol–water partition coefficient (Wildman–Crippen LogP) is 2.86. The number of imidazole rings is 1. The summed E-state index contributed by atoms with van der Waals surface area (Å²) in [6, 6.07) is 3.35. The lowest BCUT2D eigenvalue weighted by molar-refractivity contribution is -0.193. The molecule has 43 heavy (non-hydrogen) atoms. The van der Waals surface area contributed by atoms with Gasteiger partial charge in [0.15, 0.2) is 0 Å². The van der Waals surface area contributed by atoms with E-state index >= 15 is 0 Å².